The van der Waals surface area contributed by atoms with Gasteiger partial charge in [-0.1, -0.05) is 6.92 Å². The van der Waals surface area contributed by atoms with Gasteiger partial charge >= 0.3 is 0 Å². The number of H-pyrrole nitrogens is 1. The number of amides is 1. The zero-order chi connectivity index (χ0) is 18.1. The maximum Gasteiger partial charge on any atom is 0.244 e. The van der Waals surface area contributed by atoms with E-state index in [9.17, 15) is 9.18 Å². The molecule has 0 spiro atoms. The van der Waals surface area contributed by atoms with Crippen molar-refractivity contribution in [3.8, 4) is 0 Å². The number of hydrogen-bond donors (Lipinski definition) is 2. The Hall–Kier alpha value is -2.82. The molecule has 0 saturated heterocycles. The topological polar surface area (TPSA) is 58.0 Å². The number of benzene rings is 1. The molecular weight excluding hydrogens is 331 g/mol. The highest BCUT2D eigenvalue weighted by atomic mass is 19.1. The van der Waals surface area contributed by atoms with Gasteiger partial charge in [-0.15, -0.1) is 0 Å². The molecule has 0 bridgehead atoms. The summed E-state index contributed by atoms with van der Waals surface area (Å²) in [6, 6.07) is 8.54. The number of fused-ring (bicyclic) bond motifs is 1. The zero-order valence-corrected chi connectivity index (χ0v) is 14.6. The number of carbonyl (C=O) groups is 1. The molecule has 5 heteroatoms. The van der Waals surface area contributed by atoms with E-state index in [1.807, 2.05) is 18.3 Å². The van der Waals surface area contributed by atoms with Gasteiger partial charge in [0.25, 0.3) is 0 Å². The Balaban J connectivity index is 1.29. The van der Waals surface area contributed by atoms with Crippen molar-refractivity contribution in [3.63, 3.8) is 0 Å². The van der Waals surface area contributed by atoms with Gasteiger partial charge in [0.05, 0.1) is 0 Å². The van der Waals surface area contributed by atoms with Gasteiger partial charge in [-0.25, -0.2) is 4.39 Å². The van der Waals surface area contributed by atoms with Gasteiger partial charge in [-0.05, 0) is 60.7 Å². The van der Waals surface area contributed by atoms with Crippen LogP contribution in [0.15, 0.2) is 47.0 Å². The Morgan fingerprint density at radius 2 is 2.23 bits per heavy atom. The lowest BCUT2D eigenvalue weighted by molar-refractivity contribution is -0.116. The van der Waals surface area contributed by atoms with Gasteiger partial charge in [-0.3, -0.25) is 4.79 Å². The average Bonchev–Trinajstić information content (AvgIpc) is 3.03. The van der Waals surface area contributed by atoms with Crippen LogP contribution in [0.4, 0.5) is 4.39 Å². The number of furan rings is 1. The Morgan fingerprint density at radius 1 is 1.38 bits per heavy atom. The molecule has 4 rings (SSSR count). The number of halogens is 1. The smallest absolute Gasteiger partial charge is 0.244 e. The van der Waals surface area contributed by atoms with Crippen molar-refractivity contribution in [1.29, 1.82) is 0 Å². The number of rotatable bonds is 6. The normalized spacial score (nSPS) is 19.3. The number of nitrogens with one attached hydrogen (secondary N) is 2. The molecule has 0 aliphatic heterocycles. The molecule has 1 saturated carbocycles. The summed E-state index contributed by atoms with van der Waals surface area (Å²) in [5.41, 5.74) is 1.88. The van der Waals surface area contributed by atoms with Crippen molar-refractivity contribution in [1.82, 2.24) is 10.3 Å². The minimum absolute atomic E-state index is 0.172. The molecule has 2 heterocycles. The van der Waals surface area contributed by atoms with Crippen molar-refractivity contribution < 1.29 is 13.6 Å². The summed E-state index contributed by atoms with van der Waals surface area (Å²) in [7, 11) is 0. The van der Waals surface area contributed by atoms with Crippen LogP contribution < -0.4 is 5.32 Å². The summed E-state index contributed by atoms with van der Waals surface area (Å²) >= 11 is 0. The molecule has 1 amide bonds. The summed E-state index contributed by atoms with van der Waals surface area (Å²) in [6.45, 7) is 2.69. The van der Waals surface area contributed by atoms with Gasteiger partial charge in [0, 0.05) is 35.6 Å². The highest BCUT2D eigenvalue weighted by molar-refractivity contribution is 5.91. The van der Waals surface area contributed by atoms with Gasteiger partial charge in [0.15, 0.2) is 0 Å². The third-order valence-electron chi connectivity index (χ3n) is 4.94. The largest absolute Gasteiger partial charge is 0.461 e. The van der Waals surface area contributed by atoms with E-state index in [2.05, 4.69) is 17.2 Å². The monoisotopic (exact) mass is 352 g/mol. The fourth-order valence-electron chi connectivity index (χ4n) is 3.27. The number of carbonyl (C=O) groups excluding carboxylic acids is 1. The van der Waals surface area contributed by atoms with E-state index in [0.29, 0.717) is 30.6 Å². The van der Waals surface area contributed by atoms with E-state index < -0.39 is 0 Å². The second-order valence-electron chi connectivity index (χ2n) is 6.94. The van der Waals surface area contributed by atoms with Crippen molar-refractivity contribution in [2.24, 2.45) is 5.92 Å². The first kappa shape index (κ1) is 16.6. The van der Waals surface area contributed by atoms with Crippen molar-refractivity contribution in [2.45, 2.75) is 25.7 Å². The van der Waals surface area contributed by atoms with Crippen LogP contribution in [-0.2, 0) is 11.2 Å². The molecule has 3 aromatic rings. The number of hydrogen-bond acceptors (Lipinski definition) is 2. The molecule has 134 valence electrons. The molecular formula is C21H21FN2O2. The van der Waals surface area contributed by atoms with Crippen molar-refractivity contribution >= 4 is 22.9 Å². The van der Waals surface area contributed by atoms with Crippen LogP contribution in [-0.4, -0.2) is 17.4 Å². The predicted octanol–water partition coefficient (Wildman–Crippen LogP) is 4.40. The third kappa shape index (κ3) is 3.57. The molecule has 1 aliphatic carbocycles. The van der Waals surface area contributed by atoms with E-state index in [1.165, 1.54) is 24.6 Å². The summed E-state index contributed by atoms with van der Waals surface area (Å²) in [4.78, 5) is 15.1. The Morgan fingerprint density at radius 3 is 3.04 bits per heavy atom. The number of aromatic amines is 1. The van der Waals surface area contributed by atoms with Crippen LogP contribution in [0.1, 0.15) is 36.3 Å². The highest BCUT2D eigenvalue weighted by Gasteiger charge is 2.36. The SMILES string of the molecule is CC1CC1c1ccc(C=CC(=O)NCCc2c[nH]c3ccc(F)cc23)o1. The Bertz CT molecular complexity index is 969. The molecule has 2 atom stereocenters. The Labute approximate surface area is 151 Å². The first-order chi connectivity index (χ1) is 12.6. The molecule has 1 aromatic carbocycles. The molecule has 1 aliphatic rings. The number of aromatic nitrogens is 1. The summed E-state index contributed by atoms with van der Waals surface area (Å²) in [5, 5.41) is 3.70. The van der Waals surface area contributed by atoms with Crippen LogP contribution >= 0.6 is 0 Å². The molecule has 2 aromatic heterocycles. The first-order valence-corrected chi connectivity index (χ1v) is 8.91. The van der Waals surface area contributed by atoms with Gasteiger partial charge in [0.2, 0.25) is 5.91 Å². The third-order valence-corrected chi connectivity index (χ3v) is 4.94. The lowest BCUT2D eigenvalue weighted by Gasteiger charge is -2.01. The standard InChI is InChI=1S/C21H21FN2O2/c1-13-10-17(13)20-6-3-16(26-20)4-7-21(25)23-9-8-14-12-24-19-5-2-15(22)11-18(14)19/h2-7,11-13,17,24H,8-10H2,1H3,(H,23,25). The van der Waals surface area contributed by atoms with Crippen LogP contribution in [0.2, 0.25) is 0 Å². The molecule has 1 fully saturated rings. The van der Waals surface area contributed by atoms with E-state index in [0.717, 1.165) is 22.2 Å². The quantitative estimate of drug-likeness (QED) is 0.646. The summed E-state index contributed by atoms with van der Waals surface area (Å²) in [5.74, 6) is 2.49. The van der Waals surface area contributed by atoms with Crippen LogP contribution in [0.5, 0.6) is 0 Å². The first-order valence-electron chi connectivity index (χ1n) is 8.91. The van der Waals surface area contributed by atoms with E-state index >= 15 is 0 Å². The lowest BCUT2D eigenvalue weighted by Crippen LogP contribution is -2.23. The predicted molar refractivity (Wildman–Crippen MR) is 99.2 cm³/mol. The van der Waals surface area contributed by atoms with Crippen molar-refractivity contribution in [2.75, 3.05) is 6.54 Å². The molecule has 26 heavy (non-hydrogen) atoms. The molecule has 2 unspecified atom stereocenters. The lowest BCUT2D eigenvalue weighted by atomic mass is 10.1. The minimum Gasteiger partial charge on any atom is -0.461 e. The van der Waals surface area contributed by atoms with Gasteiger partial charge in [0.1, 0.15) is 17.3 Å². The maximum atomic E-state index is 13.4. The fraction of sp³-hybridized carbons (Fsp3) is 0.286. The van der Waals surface area contributed by atoms with Crippen LogP contribution in [0, 0.1) is 11.7 Å². The molecule has 0 radical (unpaired) electrons. The minimum atomic E-state index is -0.260. The molecule has 2 N–H and O–H groups in total. The maximum absolute atomic E-state index is 13.4. The van der Waals surface area contributed by atoms with E-state index in [4.69, 9.17) is 4.42 Å². The van der Waals surface area contributed by atoms with E-state index in [-0.39, 0.29) is 11.7 Å². The second-order valence-corrected chi connectivity index (χ2v) is 6.94. The molecule has 4 nitrogen and oxygen atoms in total. The second kappa shape index (κ2) is 6.83. The van der Waals surface area contributed by atoms with Gasteiger partial charge in [-0.2, -0.15) is 0 Å². The average molecular weight is 352 g/mol. The highest BCUT2D eigenvalue weighted by Crippen LogP contribution is 2.47. The Kier molecular flexibility index (Phi) is 4.37. The van der Waals surface area contributed by atoms with Crippen LogP contribution in [0.3, 0.4) is 0 Å². The van der Waals surface area contributed by atoms with Gasteiger partial charge < -0.3 is 14.7 Å². The van der Waals surface area contributed by atoms with Crippen LogP contribution in [0.25, 0.3) is 17.0 Å². The zero-order valence-electron chi connectivity index (χ0n) is 14.6. The van der Waals surface area contributed by atoms with Crippen molar-refractivity contribution in [3.05, 3.63) is 65.5 Å². The summed E-state index contributed by atoms with van der Waals surface area (Å²) in [6.07, 6.45) is 6.83. The van der Waals surface area contributed by atoms with E-state index in [1.54, 1.807) is 12.1 Å². The fourth-order valence-corrected chi connectivity index (χ4v) is 3.27. The summed E-state index contributed by atoms with van der Waals surface area (Å²) < 4.78 is 19.1.